The predicted octanol–water partition coefficient (Wildman–Crippen LogP) is 8.53. The molecular formula is C34H67NO4. The number of hydrogen-bond acceptors (Lipinski definition) is 4. The van der Waals surface area contributed by atoms with E-state index in [2.05, 4.69) is 19.2 Å². The lowest BCUT2D eigenvalue weighted by atomic mass is 10.0. The van der Waals surface area contributed by atoms with Crippen LogP contribution in [0.4, 0.5) is 0 Å². The van der Waals surface area contributed by atoms with Crippen LogP contribution in [0.1, 0.15) is 174 Å². The van der Waals surface area contributed by atoms with Crippen molar-refractivity contribution in [2.45, 2.75) is 193 Å². The predicted molar refractivity (Wildman–Crippen MR) is 167 cm³/mol. The van der Waals surface area contributed by atoms with Crippen LogP contribution in [-0.2, 0) is 4.79 Å². The van der Waals surface area contributed by atoms with Gasteiger partial charge in [0.2, 0.25) is 0 Å². The molecule has 0 aromatic carbocycles. The van der Waals surface area contributed by atoms with Gasteiger partial charge in [0, 0.05) is 0 Å². The van der Waals surface area contributed by atoms with Gasteiger partial charge in [-0.05, 0) is 19.3 Å². The average Bonchev–Trinajstić information content (AvgIpc) is 2.94. The van der Waals surface area contributed by atoms with Crippen molar-refractivity contribution in [2.75, 3.05) is 6.61 Å². The summed E-state index contributed by atoms with van der Waals surface area (Å²) in [4.78, 5) is 12.3. The van der Waals surface area contributed by atoms with Gasteiger partial charge in [-0.3, -0.25) is 4.79 Å². The van der Waals surface area contributed by atoms with Crippen molar-refractivity contribution in [3.8, 4) is 0 Å². The van der Waals surface area contributed by atoms with Crippen LogP contribution in [0.3, 0.4) is 0 Å². The number of rotatable bonds is 30. The maximum Gasteiger partial charge on any atom is 0.253 e. The summed E-state index contributed by atoms with van der Waals surface area (Å²) in [5.41, 5.74) is 0. The molecule has 3 atom stereocenters. The van der Waals surface area contributed by atoms with E-state index in [1.807, 2.05) is 6.08 Å². The highest BCUT2D eigenvalue weighted by Gasteiger charge is 2.22. The molecular weight excluding hydrogens is 486 g/mol. The van der Waals surface area contributed by atoms with E-state index in [1.54, 1.807) is 0 Å². The summed E-state index contributed by atoms with van der Waals surface area (Å²) >= 11 is 0. The summed E-state index contributed by atoms with van der Waals surface area (Å²) in [6, 6.07) is -0.736. The fourth-order valence-corrected chi connectivity index (χ4v) is 5.17. The largest absolute Gasteiger partial charge is 0.394 e. The Morgan fingerprint density at radius 2 is 1.00 bits per heavy atom. The third-order valence-corrected chi connectivity index (χ3v) is 7.90. The highest BCUT2D eigenvalue weighted by molar-refractivity contribution is 5.82. The van der Waals surface area contributed by atoms with Crippen LogP contribution in [0.25, 0.3) is 0 Å². The standard InChI is InChI=1S/C34H67NO4/c1-3-5-7-9-11-13-15-17-19-20-22-24-26-28-32(37)31(30-36)35-34(39)33(38)29-27-25-23-21-18-16-14-12-10-8-6-4-2/h27,29,31-33,36-38H,3-26,28,30H2,1-2H3,(H,35,39). The SMILES string of the molecule is CCCCCCCCCCCCC=CC(O)C(=O)NC(CO)C(O)CCCCCCCCCCCCCCC. The molecule has 0 saturated heterocycles. The molecule has 1 amide bonds. The lowest BCUT2D eigenvalue weighted by molar-refractivity contribution is -0.129. The van der Waals surface area contributed by atoms with Crippen molar-refractivity contribution in [1.82, 2.24) is 5.32 Å². The third-order valence-electron chi connectivity index (χ3n) is 7.90. The third kappa shape index (κ3) is 25.8. The van der Waals surface area contributed by atoms with E-state index in [0.29, 0.717) is 6.42 Å². The van der Waals surface area contributed by atoms with Gasteiger partial charge in [0.05, 0.1) is 18.8 Å². The van der Waals surface area contributed by atoms with Crippen LogP contribution in [0.2, 0.25) is 0 Å². The Labute approximate surface area is 242 Å². The Hall–Kier alpha value is -0.910. The zero-order valence-corrected chi connectivity index (χ0v) is 26.0. The molecule has 0 radical (unpaired) electrons. The van der Waals surface area contributed by atoms with Gasteiger partial charge in [-0.15, -0.1) is 0 Å². The van der Waals surface area contributed by atoms with Gasteiger partial charge in [0.1, 0.15) is 0 Å². The molecule has 232 valence electrons. The summed E-state index contributed by atoms with van der Waals surface area (Å²) in [5.74, 6) is -0.558. The van der Waals surface area contributed by atoms with Crippen LogP contribution >= 0.6 is 0 Å². The fraction of sp³-hybridized carbons (Fsp3) is 0.912. The van der Waals surface area contributed by atoms with E-state index in [1.165, 1.54) is 134 Å². The van der Waals surface area contributed by atoms with Crippen molar-refractivity contribution < 1.29 is 20.1 Å². The number of aliphatic hydroxyl groups is 3. The second-order valence-electron chi connectivity index (χ2n) is 11.7. The molecule has 0 aliphatic heterocycles. The summed E-state index contributed by atoms with van der Waals surface area (Å²) in [6.07, 6.45) is 32.1. The molecule has 0 aromatic heterocycles. The number of amides is 1. The van der Waals surface area contributed by atoms with Gasteiger partial charge in [-0.1, -0.05) is 167 Å². The number of carbonyl (C=O) groups is 1. The topological polar surface area (TPSA) is 89.8 Å². The minimum atomic E-state index is -1.24. The van der Waals surface area contributed by atoms with Crippen LogP contribution in [-0.4, -0.2) is 46.1 Å². The van der Waals surface area contributed by atoms with Gasteiger partial charge in [-0.25, -0.2) is 0 Å². The second kappa shape index (κ2) is 30.1. The van der Waals surface area contributed by atoms with Crippen molar-refractivity contribution in [2.24, 2.45) is 0 Å². The molecule has 5 heteroatoms. The van der Waals surface area contributed by atoms with E-state index in [0.717, 1.165) is 25.7 Å². The maximum atomic E-state index is 12.3. The molecule has 5 nitrogen and oxygen atoms in total. The quantitative estimate of drug-likeness (QED) is 0.0530. The number of allylic oxidation sites excluding steroid dienone is 1. The van der Waals surface area contributed by atoms with Gasteiger partial charge < -0.3 is 20.6 Å². The lowest BCUT2D eigenvalue weighted by Gasteiger charge is -2.23. The molecule has 0 aliphatic carbocycles. The fourth-order valence-electron chi connectivity index (χ4n) is 5.17. The zero-order chi connectivity index (χ0) is 28.8. The summed E-state index contributed by atoms with van der Waals surface area (Å²) in [6.45, 7) is 4.17. The van der Waals surface area contributed by atoms with Crippen LogP contribution in [0, 0.1) is 0 Å². The Bertz CT molecular complexity index is 539. The van der Waals surface area contributed by atoms with Crippen molar-refractivity contribution in [3.05, 3.63) is 12.2 Å². The van der Waals surface area contributed by atoms with Gasteiger partial charge >= 0.3 is 0 Å². The zero-order valence-electron chi connectivity index (χ0n) is 26.0. The van der Waals surface area contributed by atoms with Gasteiger partial charge in [0.25, 0.3) is 5.91 Å². The molecule has 0 spiro atoms. The summed E-state index contributed by atoms with van der Waals surface area (Å²) in [5, 5.41) is 32.8. The van der Waals surface area contributed by atoms with E-state index < -0.39 is 24.2 Å². The Morgan fingerprint density at radius 3 is 1.41 bits per heavy atom. The molecule has 0 saturated carbocycles. The van der Waals surface area contributed by atoms with Gasteiger partial charge in [-0.2, -0.15) is 0 Å². The molecule has 4 N–H and O–H groups in total. The minimum Gasteiger partial charge on any atom is -0.394 e. The van der Waals surface area contributed by atoms with Crippen molar-refractivity contribution >= 4 is 5.91 Å². The molecule has 39 heavy (non-hydrogen) atoms. The molecule has 0 aromatic rings. The van der Waals surface area contributed by atoms with Crippen molar-refractivity contribution in [1.29, 1.82) is 0 Å². The molecule has 0 heterocycles. The summed E-state index contributed by atoms with van der Waals surface area (Å²) < 4.78 is 0. The molecule has 0 bridgehead atoms. The van der Waals surface area contributed by atoms with Crippen LogP contribution in [0.5, 0.6) is 0 Å². The monoisotopic (exact) mass is 554 g/mol. The minimum absolute atomic E-state index is 0.333. The first-order valence-electron chi connectivity index (χ1n) is 17.0. The Kier molecular flexibility index (Phi) is 29.4. The molecule has 0 aliphatic rings. The normalized spacial score (nSPS) is 14.1. The number of unbranched alkanes of at least 4 members (excludes halogenated alkanes) is 22. The van der Waals surface area contributed by atoms with Crippen LogP contribution in [0.15, 0.2) is 12.2 Å². The first-order valence-corrected chi connectivity index (χ1v) is 17.0. The maximum absolute atomic E-state index is 12.3. The second-order valence-corrected chi connectivity index (χ2v) is 11.7. The summed E-state index contributed by atoms with van der Waals surface area (Å²) in [7, 11) is 0. The Morgan fingerprint density at radius 1 is 0.615 bits per heavy atom. The van der Waals surface area contributed by atoms with E-state index in [-0.39, 0.29) is 6.61 Å². The Balaban J connectivity index is 3.77. The van der Waals surface area contributed by atoms with Crippen molar-refractivity contribution in [3.63, 3.8) is 0 Å². The average molecular weight is 554 g/mol. The molecule has 0 rings (SSSR count). The highest BCUT2D eigenvalue weighted by Crippen LogP contribution is 2.15. The van der Waals surface area contributed by atoms with E-state index in [4.69, 9.17) is 0 Å². The first-order chi connectivity index (χ1) is 19.1. The lowest BCUT2D eigenvalue weighted by Crippen LogP contribution is -2.49. The van der Waals surface area contributed by atoms with E-state index >= 15 is 0 Å². The number of carbonyl (C=O) groups excluding carboxylic acids is 1. The van der Waals surface area contributed by atoms with Gasteiger partial charge in [0.15, 0.2) is 6.10 Å². The highest BCUT2D eigenvalue weighted by atomic mass is 16.3. The number of nitrogens with one attached hydrogen (secondary N) is 1. The number of hydrogen-bond donors (Lipinski definition) is 4. The van der Waals surface area contributed by atoms with Crippen LogP contribution < -0.4 is 5.32 Å². The smallest absolute Gasteiger partial charge is 0.253 e. The van der Waals surface area contributed by atoms with E-state index in [9.17, 15) is 20.1 Å². The number of aliphatic hydroxyl groups excluding tert-OH is 3. The first kappa shape index (κ1) is 38.1. The molecule has 3 unspecified atom stereocenters. The molecule has 0 fully saturated rings.